The van der Waals surface area contributed by atoms with E-state index in [0.717, 1.165) is 11.3 Å². The fourth-order valence-corrected chi connectivity index (χ4v) is 3.93. The summed E-state index contributed by atoms with van der Waals surface area (Å²) in [5.74, 6) is -0.0726. The molecule has 186 valence electrons. The molecule has 37 heavy (non-hydrogen) atoms. The van der Waals surface area contributed by atoms with Crippen LogP contribution in [0.4, 0.5) is 5.82 Å². The number of aromatic nitrogens is 3. The summed E-state index contributed by atoms with van der Waals surface area (Å²) in [6, 6.07) is 19.2. The number of anilines is 1. The van der Waals surface area contributed by atoms with Gasteiger partial charge in [0.1, 0.15) is 22.6 Å². The third kappa shape index (κ3) is 4.72. The normalized spacial score (nSPS) is 11.4. The molecule has 0 spiro atoms. The van der Waals surface area contributed by atoms with E-state index in [1.807, 2.05) is 48.5 Å². The number of ether oxygens (including phenoxy) is 1. The van der Waals surface area contributed by atoms with Gasteiger partial charge in [0, 0.05) is 6.54 Å². The van der Waals surface area contributed by atoms with Gasteiger partial charge in [-0.3, -0.25) is 4.79 Å². The van der Waals surface area contributed by atoms with Crippen LogP contribution in [0.1, 0.15) is 21.5 Å². The van der Waals surface area contributed by atoms with E-state index in [1.54, 1.807) is 13.2 Å². The molecule has 5 N–H and O–H groups in total. The number of para-hydroxylation sites is 2. The van der Waals surface area contributed by atoms with Gasteiger partial charge in [0.25, 0.3) is 5.91 Å². The zero-order chi connectivity index (χ0) is 25.9. The zero-order valence-electron chi connectivity index (χ0n) is 19.9. The molecule has 2 aromatic heterocycles. The first-order chi connectivity index (χ1) is 17.9. The lowest BCUT2D eigenvalue weighted by molar-refractivity contribution is 0.0956. The number of amides is 1. The number of nitrogens with zero attached hydrogens (tertiary/aromatic N) is 4. The molecule has 2 heterocycles. The van der Waals surface area contributed by atoms with Crippen LogP contribution in [-0.4, -0.2) is 50.6 Å². The number of aromatic hydroxyl groups is 2. The first kappa shape index (κ1) is 23.6. The second-order valence-corrected chi connectivity index (χ2v) is 8.30. The third-order valence-electron chi connectivity index (χ3n) is 5.88. The zero-order valence-corrected chi connectivity index (χ0v) is 19.9. The fraction of sp³-hybridized carbons (Fsp3) is 0.111. The number of phenolic OH excluding ortho intramolecular Hbond substituents is 2. The van der Waals surface area contributed by atoms with Gasteiger partial charge in [0.05, 0.1) is 24.4 Å². The number of nitrogen functional groups attached to an aromatic ring is 1. The minimum atomic E-state index is -0.392. The number of fused-ring (bicyclic) bond motifs is 2. The molecule has 0 saturated carbocycles. The molecule has 5 aromatic rings. The second kappa shape index (κ2) is 9.86. The number of phenols is 2. The highest BCUT2D eigenvalue weighted by atomic mass is 16.5. The molecule has 0 fully saturated rings. The van der Waals surface area contributed by atoms with E-state index < -0.39 is 5.91 Å². The van der Waals surface area contributed by atoms with E-state index in [2.05, 4.69) is 20.4 Å². The van der Waals surface area contributed by atoms with Crippen LogP contribution < -0.4 is 15.8 Å². The molecule has 5 rings (SSSR count). The van der Waals surface area contributed by atoms with Gasteiger partial charge in [0.2, 0.25) is 0 Å². The largest absolute Gasteiger partial charge is 0.504 e. The van der Waals surface area contributed by atoms with Crippen LogP contribution in [0.5, 0.6) is 17.2 Å². The Morgan fingerprint density at radius 1 is 1.05 bits per heavy atom. The Hall–Kier alpha value is -5.12. The number of carbonyl (C=O) groups excluding carboxylic acids is 1. The highest BCUT2D eigenvalue weighted by molar-refractivity contribution is 6.10. The maximum absolute atomic E-state index is 13.3. The fourth-order valence-electron chi connectivity index (χ4n) is 3.93. The Morgan fingerprint density at radius 3 is 2.49 bits per heavy atom. The third-order valence-corrected chi connectivity index (χ3v) is 5.88. The van der Waals surface area contributed by atoms with Gasteiger partial charge in [-0.2, -0.15) is 9.78 Å². The number of nitrogens with one attached hydrogen (secondary N) is 1. The minimum Gasteiger partial charge on any atom is -0.504 e. The molecule has 10 nitrogen and oxygen atoms in total. The molecule has 0 atom stereocenters. The lowest BCUT2D eigenvalue weighted by Crippen LogP contribution is -2.26. The topological polar surface area (TPSA) is 148 Å². The summed E-state index contributed by atoms with van der Waals surface area (Å²) in [5.41, 5.74) is 10.0. The molecule has 0 aliphatic rings. The molecule has 0 bridgehead atoms. The first-order valence-corrected chi connectivity index (χ1v) is 11.5. The van der Waals surface area contributed by atoms with Crippen molar-refractivity contribution >= 4 is 40.1 Å². The SMILES string of the molecule is COc1ccc(CCNC(=O)c2c(N)n(/N=C/c3ccc(O)c(O)c3)c3nc4ccccc4nc23)cc1. The number of rotatable bonds is 7. The molecule has 0 saturated heterocycles. The Labute approximate surface area is 211 Å². The van der Waals surface area contributed by atoms with Crippen molar-refractivity contribution in [2.45, 2.75) is 6.42 Å². The maximum atomic E-state index is 13.3. The summed E-state index contributed by atoms with van der Waals surface area (Å²) in [6.45, 7) is 0.383. The van der Waals surface area contributed by atoms with Crippen LogP contribution in [-0.2, 0) is 6.42 Å². The van der Waals surface area contributed by atoms with Gasteiger partial charge in [-0.25, -0.2) is 9.97 Å². The quantitative estimate of drug-likeness (QED) is 0.199. The van der Waals surface area contributed by atoms with Crippen LogP contribution in [0.25, 0.3) is 22.2 Å². The Morgan fingerprint density at radius 2 is 1.78 bits per heavy atom. The number of carbonyl (C=O) groups is 1. The Kier molecular flexibility index (Phi) is 6.29. The maximum Gasteiger partial charge on any atom is 0.257 e. The number of hydrogen-bond donors (Lipinski definition) is 4. The van der Waals surface area contributed by atoms with Gasteiger partial charge in [-0.05, 0) is 60.0 Å². The molecule has 10 heteroatoms. The van der Waals surface area contributed by atoms with E-state index in [-0.39, 0.29) is 22.9 Å². The van der Waals surface area contributed by atoms with E-state index in [1.165, 1.54) is 23.0 Å². The summed E-state index contributed by atoms with van der Waals surface area (Å²) >= 11 is 0. The van der Waals surface area contributed by atoms with Crippen LogP contribution in [0.3, 0.4) is 0 Å². The summed E-state index contributed by atoms with van der Waals surface area (Å²) in [7, 11) is 1.61. The Balaban J connectivity index is 1.49. The first-order valence-electron chi connectivity index (χ1n) is 11.5. The second-order valence-electron chi connectivity index (χ2n) is 8.30. The van der Waals surface area contributed by atoms with Crippen molar-refractivity contribution in [3.05, 3.63) is 83.4 Å². The molecule has 0 unspecified atom stereocenters. The van der Waals surface area contributed by atoms with Crippen molar-refractivity contribution in [3.63, 3.8) is 0 Å². The van der Waals surface area contributed by atoms with Crippen LogP contribution >= 0.6 is 0 Å². The molecular formula is C27H24N6O4. The lowest BCUT2D eigenvalue weighted by Gasteiger charge is -2.06. The van der Waals surface area contributed by atoms with Crippen molar-refractivity contribution in [3.8, 4) is 17.2 Å². The summed E-state index contributed by atoms with van der Waals surface area (Å²) in [5, 5.41) is 26.7. The minimum absolute atomic E-state index is 0.0755. The van der Waals surface area contributed by atoms with E-state index in [4.69, 9.17) is 10.5 Å². The number of nitrogens with two attached hydrogens (primary N) is 1. The average molecular weight is 497 g/mol. The Bertz CT molecular complexity index is 1640. The van der Waals surface area contributed by atoms with Gasteiger partial charge in [0.15, 0.2) is 17.1 Å². The predicted molar refractivity (Wildman–Crippen MR) is 141 cm³/mol. The standard InChI is InChI=1S/C27H24N6O4/c1-37-18-9-6-16(7-10-18)12-13-29-27(36)23-24-26(32-20-5-3-2-4-19(20)31-24)33(25(23)28)30-15-17-8-11-21(34)22(35)14-17/h2-11,14-15,34-35H,12-13,28H2,1H3,(H,29,36)/b30-15+. The lowest BCUT2D eigenvalue weighted by atomic mass is 10.1. The van der Waals surface area contributed by atoms with Gasteiger partial charge >= 0.3 is 0 Å². The number of methoxy groups -OCH3 is 1. The van der Waals surface area contributed by atoms with Crippen LogP contribution in [0, 0.1) is 0 Å². The highest BCUT2D eigenvalue weighted by Crippen LogP contribution is 2.28. The molecular weight excluding hydrogens is 472 g/mol. The number of benzene rings is 3. The van der Waals surface area contributed by atoms with Gasteiger partial charge in [-0.1, -0.05) is 24.3 Å². The average Bonchev–Trinajstić information content (AvgIpc) is 3.18. The molecule has 0 aliphatic heterocycles. The summed E-state index contributed by atoms with van der Waals surface area (Å²) in [6.07, 6.45) is 2.06. The van der Waals surface area contributed by atoms with E-state index in [0.29, 0.717) is 40.7 Å². The molecule has 1 amide bonds. The van der Waals surface area contributed by atoms with Crippen molar-refractivity contribution < 1.29 is 19.7 Å². The van der Waals surface area contributed by atoms with Gasteiger partial charge in [-0.15, -0.1) is 0 Å². The van der Waals surface area contributed by atoms with Crippen molar-refractivity contribution in [1.29, 1.82) is 0 Å². The molecule has 0 radical (unpaired) electrons. The smallest absolute Gasteiger partial charge is 0.257 e. The molecule has 3 aromatic carbocycles. The predicted octanol–water partition coefficient (Wildman–Crippen LogP) is 3.44. The monoisotopic (exact) mass is 496 g/mol. The van der Waals surface area contributed by atoms with E-state index in [9.17, 15) is 15.0 Å². The number of hydrogen-bond acceptors (Lipinski definition) is 8. The van der Waals surface area contributed by atoms with Crippen molar-refractivity contribution in [2.24, 2.45) is 5.10 Å². The van der Waals surface area contributed by atoms with Crippen molar-refractivity contribution in [2.75, 3.05) is 19.4 Å². The summed E-state index contributed by atoms with van der Waals surface area (Å²) < 4.78 is 6.53. The van der Waals surface area contributed by atoms with Gasteiger partial charge < -0.3 is 26.0 Å². The highest BCUT2D eigenvalue weighted by Gasteiger charge is 2.24. The van der Waals surface area contributed by atoms with Crippen LogP contribution in [0.2, 0.25) is 0 Å². The molecule has 0 aliphatic carbocycles. The summed E-state index contributed by atoms with van der Waals surface area (Å²) in [4.78, 5) is 22.6. The van der Waals surface area contributed by atoms with Crippen LogP contribution in [0.15, 0.2) is 71.8 Å². The van der Waals surface area contributed by atoms with E-state index >= 15 is 0 Å². The van der Waals surface area contributed by atoms with Crippen molar-refractivity contribution in [1.82, 2.24) is 20.0 Å².